The van der Waals surface area contributed by atoms with Crippen molar-refractivity contribution in [3.05, 3.63) is 0 Å². The number of hydrogen-bond acceptors (Lipinski definition) is 10. The standard InChI is InChI=1S/5CH2S2.Mo/c5*2-1-3;/h5*1H,(H,2,3);/p-5. The normalized spacial score (nSPS) is 3.75. The van der Waals surface area contributed by atoms with Crippen molar-refractivity contribution in [1.29, 1.82) is 0 Å². The van der Waals surface area contributed by atoms with Crippen molar-refractivity contribution in [2.75, 3.05) is 0 Å². The predicted octanol–water partition coefficient (Wildman–Crippen LogP) is 2.45. The van der Waals surface area contributed by atoms with Crippen LogP contribution in [0.4, 0.5) is 0 Å². The zero-order valence-corrected chi connectivity index (χ0v) is 17.5. The molecule has 16 heavy (non-hydrogen) atoms. The van der Waals surface area contributed by atoms with Crippen LogP contribution in [0.1, 0.15) is 0 Å². The zero-order valence-electron chi connectivity index (χ0n) is 7.38. The summed E-state index contributed by atoms with van der Waals surface area (Å²) in [4.78, 5) is 0. The maximum atomic E-state index is 4.08. The van der Waals surface area contributed by atoms with Gasteiger partial charge in [-0.25, -0.2) is 0 Å². The predicted molar refractivity (Wildman–Crippen MR) is 105 cm³/mol. The molecule has 0 bridgehead atoms. The van der Waals surface area contributed by atoms with Gasteiger partial charge in [0.1, 0.15) is 0 Å². The Morgan fingerprint density at radius 2 is 0.438 bits per heavy atom. The van der Waals surface area contributed by atoms with E-state index in [4.69, 9.17) is 0 Å². The minimum Gasteiger partial charge on any atom is -0.436 e. The van der Waals surface area contributed by atoms with Gasteiger partial charge in [0.25, 0.3) is 0 Å². The minimum absolute atomic E-state index is 0. The molecule has 0 atom stereocenters. The molecule has 0 aromatic carbocycles. The van der Waals surface area contributed by atoms with Crippen molar-refractivity contribution < 1.29 is 21.1 Å². The van der Waals surface area contributed by atoms with Gasteiger partial charge in [-0.2, -0.15) is 23.5 Å². The van der Waals surface area contributed by atoms with Crippen LogP contribution in [0.15, 0.2) is 0 Å². The molecule has 0 aliphatic rings. The molecular weight excluding hydrogens is 477 g/mol. The van der Waals surface area contributed by atoms with E-state index in [1.54, 1.807) is 0 Å². The van der Waals surface area contributed by atoms with E-state index in [1.807, 2.05) is 0 Å². The van der Waals surface area contributed by atoms with E-state index in [1.165, 1.54) is 23.5 Å². The van der Waals surface area contributed by atoms with Crippen LogP contribution in [0.3, 0.4) is 0 Å². The Bertz CT molecular complexity index is 91.5. The average molecular weight is 482 g/mol. The molecule has 0 aliphatic carbocycles. The first-order valence-electron chi connectivity index (χ1n) is 2.36. The van der Waals surface area contributed by atoms with Crippen molar-refractivity contribution >= 4 is 148 Å². The second-order valence-electron chi connectivity index (χ2n) is 0.481. The van der Waals surface area contributed by atoms with Gasteiger partial charge in [0.2, 0.25) is 0 Å². The van der Waals surface area contributed by atoms with E-state index >= 15 is 0 Å². The van der Waals surface area contributed by atoms with Gasteiger partial charge >= 0.3 is 0 Å². The molecule has 0 radical (unpaired) electrons. The van der Waals surface area contributed by atoms with Crippen LogP contribution in [-0.4, -0.2) is 23.5 Å². The molecule has 0 saturated carbocycles. The van der Waals surface area contributed by atoms with Crippen molar-refractivity contribution in [3.8, 4) is 0 Å². The van der Waals surface area contributed by atoms with E-state index in [0.29, 0.717) is 0 Å². The maximum absolute atomic E-state index is 4.08. The number of rotatable bonds is 0. The van der Waals surface area contributed by atoms with Gasteiger partial charge in [0.05, 0.1) is 0 Å². The first kappa shape index (κ1) is 36.2. The molecule has 0 spiro atoms. The quantitative estimate of drug-likeness (QED) is 0.286. The monoisotopic (exact) mass is 483 g/mol. The van der Waals surface area contributed by atoms with Crippen LogP contribution in [0, 0.1) is 0 Å². The molecule has 0 rings (SSSR count). The Morgan fingerprint density at radius 1 is 0.438 bits per heavy atom. The Morgan fingerprint density at radius 3 is 0.438 bits per heavy atom. The van der Waals surface area contributed by atoms with Gasteiger partial charge in [0, 0.05) is 21.1 Å². The fraction of sp³-hybridized carbons (Fsp3) is 0. The van der Waals surface area contributed by atoms with Gasteiger partial charge in [-0.05, 0) is 0 Å². The summed E-state index contributed by atoms with van der Waals surface area (Å²) in [5.41, 5.74) is 0. The summed E-state index contributed by atoms with van der Waals surface area (Å²) in [6.07, 6.45) is 0. The topological polar surface area (TPSA) is 0 Å². The van der Waals surface area contributed by atoms with Crippen LogP contribution in [0.2, 0.25) is 0 Å². The summed E-state index contributed by atoms with van der Waals surface area (Å²) in [5.74, 6) is 0. The van der Waals surface area contributed by atoms with Crippen LogP contribution in [-0.2, 0) is 84.2 Å². The van der Waals surface area contributed by atoms with Crippen molar-refractivity contribution in [3.63, 3.8) is 0 Å². The summed E-state index contributed by atoms with van der Waals surface area (Å²) in [6.45, 7) is 0. The molecule has 0 nitrogen and oxygen atoms in total. The fourth-order valence-electron chi connectivity index (χ4n) is 0. The average Bonchev–Trinajstić information content (AvgIpc) is 2.09. The first-order chi connectivity index (χ1) is 7.07. The summed E-state index contributed by atoms with van der Waals surface area (Å²) in [6, 6.07) is 0. The molecule has 96 valence electrons. The molecule has 11 heteroatoms. The van der Waals surface area contributed by atoms with Crippen molar-refractivity contribution in [1.82, 2.24) is 0 Å². The third-order valence-corrected chi connectivity index (χ3v) is 0. The van der Waals surface area contributed by atoms with Crippen LogP contribution >= 0.6 is 61.1 Å². The summed E-state index contributed by atoms with van der Waals surface area (Å²) in [7, 11) is 0. The molecule has 0 unspecified atom stereocenters. The third kappa shape index (κ3) is 753. The summed E-state index contributed by atoms with van der Waals surface area (Å²) < 4.78 is 5.83. The van der Waals surface area contributed by atoms with Crippen molar-refractivity contribution in [2.45, 2.75) is 0 Å². The van der Waals surface area contributed by atoms with Gasteiger partial charge in [-0.3, -0.25) is 0 Å². The zero-order chi connectivity index (χ0) is 13.5. The van der Waals surface area contributed by atoms with Crippen LogP contribution in [0.5, 0.6) is 0 Å². The van der Waals surface area contributed by atoms with Crippen LogP contribution < -0.4 is 0 Å². The summed E-state index contributed by atoms with van der Waals surface area (Å²) in [5, 5.41) is 0. The molecule has 0 aromatic rings. The third-order valence-electron chi connectivity index (χ3n) is 0. The molecule has 0 heterocycles. The van der Waals surface area contributed by atoms with E-state index in [-0.39, 0.29) is 21.1 Å². The molecule has 0 aliphatic heterocycles. The second-order valence-corrected chi connectivity index (χ2v) is 4.33. The molecule has 0 aromatic heterocycles. The maximum Gasteiger partial charge on any atom is 0 e. The van der Waals surface area contributed by atoms with Crippen molar-refractivity contribution in [2.24, 2.45) is 0 Å². The Labute approximate surface area is 166 Å². The molecule has 0 fully saturated rings. The smallest absolute Gasteiger partial charge is 0 e. The molecule has 0 amide bonds. The molecule has 0 saturated heterocycles. The first-order valence-corrected chi connectivity index (χ1v) is 7.07. The van der Waals surface area contributed by atoms with E-state index in [2.05, 4.69) is 124 Å². The van der Waals surface area contributed by atoms with Gasteiger partial charge < -0.3 is 124 Å². The molecular formula is C5H5MoS10-5. The van der Waals surface area contributed by atoms with E-state index < -0.39 is 0 Å². The van der Waals surface area contributed by atoms with Gasteiger partial charge in [-0.1, -0.05) is 0 Å². The van der Waals surface area contributed by atoms with Gasteiger partial charge in [-0.15, -0.1) is 0 Å². The van der Waals surface area contributed by atoms with E-state index in [0.717, 1.165) is 0 Å². The Balaban J connectivity index is -0.0000000192. The fourth-order valence-corrected chi connectivity index (χ4v) is 0. The summed E-state index contributed by atoms with van der Waals surface area (Å²) >= 11 is 40.8. The van der Waals surface area contributed by atoms with Gasteiger partial charge in [0.15, 0.2) is 0 Å². The minimum atomic E-state index is 0. The second kappa shape index (κ2) is 86.8. The number of hydrogen-bond donors (Lipinski definition) is 0. The van der Waals surface area contributed by atoms with E-state index in [9.17, 15) is 0 Å². The van der Waals surface area contributed by atoms with Crippen LogP contribution in [0.25, 0.3) is 0 Å². The molecule has 0 N–H and O–H groups in total. The number of thiocarbonyl (C=S) groups is 5. The Kier molecular flexibility index (Phi) is 196. The Hall–Kier alpha value is 2.24. The largest absolute Gasteiger partial charge is 0.436 e. The SMILES string of the molecule is S=C[S-].S=C[S-].S=C[S-].S=C[S-].S=C[S-].[Mo].